The first kappa shape index (κ1) is 23.0. The minimum atomic E-state index is -1.25. The zero-order chi connectivity index (χ0) is 10.7. The van der Waals surface area contributed by atoms with Gasteiger partial charge in [0.05, 0.1) is 0 Å². The average Bonchev–Trinajstić information content (AvgIpc) is 1.54. The van der Waals surface area contributed by atoms with Crippen molar-refractivity contribution in [3.63, 3.8) is 0 Å². The van der Waals surface area contributed by atoms with Crippen molar-refractivity contribution < 1.29 is 52.1 Å². The summed E-state index contributed by atoms with van der Waals surface area (Å²) >= 11 is 10.6. The number of carboxylic acid groups (broad SMARTS) is 3. The summed E-state index contributed by atoms with van der Waals surface area (Å²) in [6.45, 7) is 0. The van der Waals surface area contributed by atoms with E-state index in [1.165, 1.54) is 0 Å². The van der Waals surface area contributed by atoms with Crippen molar-refractivity contribution in [2.75, 3.05) is 0 Å². The second-order valence-electron chi connectivity index (χ2n) is 0.798. The Morgan fingerprint density at radius 1 is 0.692 bits per heavy atom. The van der Waals surface area contributed by atoms with Crippen molar-refractivity contribution in [1.82, 2.24) is 0 Å². The van der Waals surface area contributed by atoms with Crippen LogP contribution in [-0.2, 0) is 60.3 Å². The van der Waals surface area contributed by atoms with Crippen LogP contribution in [0.2, 0.25) is 0 Å². The summed E-state index contributed by atoms with van der Waals surface area (Å²) in [6.07, 6.45) is 0. The number of hydrogen-bond donors (Lipinski definition) is 3. The van der Waals surface area contributed by atoms with E-state index in [1.54, 1.807) is 0 Å². The van der Waals surface area contributed by atoms with Crippen molar-refractivity contribution in [3.8, 4) is 0 Å². The van der Waals surface area contributed by atoms with Crippen molar-refractivity contribution >= 4 is 53.8 Å². The largest absolute Gasteiger partial charge is 3.00 e. The smallest absolute Gasteiger partial charge is 0.698 e. The Bertz CT molecular complexity index is 121. The Labute approximate surface area is 105 Å². The van der Waals surface area contributed by atoms with E-state index in [0.29, 0.717) is 0 Å². The molecule has 10 heteroatoms. The molecule has 0 unspecified atom stereocenters. The first-order chi connectivity index (χ1) is 5.20. The van der Waals surface area contributed by atoms with Gasteiger partial charge in [0.15, 0.2) is 15.9 Å². The molecule has 0 radical (unpaired) electrons. The van der Waals surface area contributed by atoms with Crippen molar-refractivity contribution in [2.24, 2.45) is 0 Å². The molecular weight excluding hydrogens is 425 g/mol. The molecule has 0 aromatic heterocycles. The van der Waals surface area contributed by atoms with Crippen LogP contribution < -0.4 is 0 Å². The van der Waals surface area contributed by atoms with Gasteiger partial charge in [-0.15, -0.1) is 0 Å². The summed E-state index contributed by atoms with van der Waals surface area (Å²) in [5, 5.41) is 17.9. The predicted octanol–water partition coefficient (Wildman–Crippen LogP) is 0.631. The van der Waals surface area contributed by atoms with Crippen molar-refractivity contribution in [2.45, 2.75) is 0 Å². The van der Waals surface area contributed by atoms with Gasteiger partial charge in [0.1, 0.15) is 0 Å². The molecule has 0 atom stereocenters. The van der Waals surface area contributed by atoms with Gasteiger partial charge in [-0.2, -0.15) is 0 Å². The molecule has 0 aromatic carbocycles. The van der Waals surface area contributed by atoms with E-state index in [4.69, 9.17) is 29.7 Å². The molecule has 0 saturated carbocycles. The Hall–Kier alpha value is -0.190. The van der Waals surface area contributed by atoms with Crippen LogP contribution >= 0.6 is 0 Å². The van der Waals surface area contributed by atoms with E-state index in [-0.39, 0.29) is 22.4 Å². The molecule has 80 valence electrons. The normalized spacial score (nSPS) is 5.54. The zero-order valence-corrected chi connectivity index (χ0v) is 10.2. The summed E-state index contributed by atoms with van der Waals surface area (Å²) in [5.41, 5.74) is 0. The van der Waals surface area contributed by atoms with Gasteiger partial charge in [-0.1, -0.05) is 0 Å². The second kappa shape index (κ2) is 17.8. The van der Waals surface area contributed by atoms with E-state index < -0.39 is 15.9 Å². The van der Waals surface area contributed by atoms with Gasteiger partial charge in [-0.05, 0) is 0 Å². The van der Waals surface area contributed by atoms with Crippen LogP contribution in [0.15, 0.2) is 0 Å². The van der Waals surface area contributed by atoms with Crippen LogP contribution in [-0.4, -0.2) is 31.2 Å². The van der Waals surface area contributed by atoms with Crippen molar-refractivity contribution in [1.29, 1.82) is 0 Å². The van der Waals surface area contributed by atoms with Crippen LogP contribution in [0.1, 0.15) is 0 Å². The van der Waals surface area contributed by atoms with Crippen LogP contribution in [0.25, 0.3) is 0 Å². The quantitative estimate of drug-likeness (QED) is 0.378. The van der Waals surface area contributed by atoms with Gasteiger partial charge in [0, 0.05) is 0 Å². The van der Waals surface area contributed by atoms with E-state index >= 15 is 0 Å². The Morgan fingerprint density at radius 2 is 0.692 bits per heavy atom. The maximum atomic E-state index is 8.81. The van der Waals surface area contributed by atoms with E-state index in [9.17, 15) is 0 Å². The standard InChI is InChI=1S/3CH2O2S.Au/c3*2-1(3)4;/h3*4H,(H,2,3);/q;;;+3/p-3. The zero-order valence-electron chi connectivity index (χ0n) is 5.59. The molecule has 0 aliphatic rings. The molecule has 0 aromatic rings. The molecule has 13 heavy (non-hydrogen) atoms. The van der Waals surface area contributed by atoms with Crippen LogP contribution in [0.4, 0.5) is 14.4 Å². The first-order valence-corrected chi connectivity index (χ1v) is 3.12. The molecular formula is C3H3AuO6S3. The van der Waals surface area contributed by atoms with Gasteiger partial charge in [-0.25, -0.2) is 0 Å². The van der Waals surface area contributed by atoms with E-state index in [0.717, 1.165) is 0 Å². The van der Waals surface area contributed by atoms with Crippen LogP contribution in [0.3, 0.4) is 0 Å². The van der Waals surface area contributed by atoms with Gasteiger partial charge in [-0.3, -0.25) is 14.4 Å². The van der Waals surface area contributed by atoms with E-state index in [2.05, 4.69) is 37.9 Å². The molecule has 0 rings (SSSR count). The fourth-order valence-corrected chi connectivity index (χ4v) is 0. The summed E-state index contributed by atoms with van der Waals surface area (Å²) in [4.78, 5) is 26.4. The third-order valence-corrected chi connectivity index (χ3v) is 0. The summed E-state index contributed by atoms with van der Waals surface area (Å²) in [6, 6.07) is 0. The third-order valence-electron chi connectivity index (χ3n) is 0. The number of hydrogen-bond acceptors (Lipinski definition) is 6. The fourth-order valence-electron chi connectivity index (χ4n) is 0. The molecule has 0 aliphatic carbocycles. The number of carbonyl (C=O) groups is 3. The first-order valence-electron chi connectivity index (χ1n) is 1.90. The molecule has 0 aliphatic heterocycles. The molecule has 0 saturated heterocycles. The SMILES string of the molecule is O=C(O)[S-].O=C(O)[S-].O=C(O)[S-].[Au+3]. The Balaban J connectivity index is -0.0000000450. The summed E-state index contributed by atoms with van der Waals surface area (Å²) in [7, 11) is 0. The maximum Gasteiger partial charge on any atom is 3.00 e. The van der Waals surface area contributed by atoms with Gasteiger partial charge >= 0.3 is 22.4 Å². The topological polar surface area (TPSA) is 112 Å². The summed E-state index contributed by atoms with van der Waals surface area (Å²) < 4.78 is 0. The maximum absolute atomic E-state index is 8.81. The summed E-state index contributed by atoms with van der Waals surface area (Å²) in [5.74, 6) is 0. The second-order valence-corrected chi connectivity index (χ2v) is 1.85. The van der Waals surface area contributed by atoms with Crippen LogP contribution in [0.5, 0.6) is 0 Å². The molecule has 6 nitrogen and oxygen atoms in total. The molecule has 0 spiro atoms. The number of rotatable bonds is 0. The van der Waals surface area contributed by atoms with Crippen molar-refractivity contribution in [3.05, 3.63) is 0 Å². The van der Waals surface area contributed by atoms with Gasteiger partial charge in [0.25, 0.3) is 0 Å². The molecule has 0 heterocycles. The molecule has 0 bridgehead atoms. The molecule has 0 fully saturated rings. The van der Waals surface area contributed by atoms with Crippen LogP contribution in [0, 0.1) is 0 Å². The van der Waals surface area contributed by atoms with Gasteiger partial charge < -0.3 is 53.2 Å². The molecule has 3 N–H and O–H groups in total. The van der Waals surface area contributed by atoms with E-state index in [1.807, 2.05) is 0 Å². The molecule has 0 amide bonds. The average molecular weight is 428 g/mol. The Kier molecular flexibility index (Phi) is 31.5. The minimum absolute atomic E-state index is 0. The monoisotopic (exact) mass is 428 g/mol. The minimum Gasteiger partial charge on any atom is -0.698 e. The predicted molar refractivity (Wildman–Crippen MR) is 46.2 cm³/mol. The Morgan fingerprint density at radius 3 is 0.692 bits per heavy atom. The fraction of sp³-hybridized carbons (Fsp3) is 0. The van der Waals surface area contributed by atoms with Gasteiger partial charge in [0.2, 0.25) is 0 Å². The third kappa shape index (κ3) is 31600.